The average molecular weight is 261 g/mol. The molecule has 1 aromatic heterocycles. The van der Waals surface area contributed by atoms with Crippen LogP contribution in [0.15, 0.2) is 27.4 Å². The molecule has 0 amide bonds. The zero-order chi connectivity index (χ0) is 13.6. The van der Waals surface area contributed by atoms with Gasteiger partial charge in [0, 0.05) is 19.6 Å². The molecule has 1 aliphatic rings. The summed E-state index contributed by atoms with van der Waals surface area (Å²) in [5, 5.41) is 0. The number of nitrogens with one attached hydrogen (secondary N) is 1. The Bertz CT molecular complexity index is 660. The Morgan fingerprint density at radius 3 is 2.89 bits per heavy atom. The van der Waals surface area contributed by atoms with Gasteiger partial charge in [-0.2, -0.15) is 0 Å². The molecule has 1 saturated heterocycles. The summed E-state index contributed by atoms with van der Waals surface area (Å²) in [5.41, 5.74) is 2.54. The number of fused-ring (bicyclic) bond motifs is 1. The Balaban J connectivity index is 2.08. The Morgan fingerprint density at radius 2 is 2.11 bits per heavy atom. The summed E-state index contributed by atoms with van der Waals surface area (Å²) in [6, 6.07) is 5.95. The maximum atomic E-state index is 11.2. The van der Waals surface area contributed by atoms with Gasteiger partial charge in [-0.3, -0.25) is 9.88 Å². The number of rotatable bonds is 1. The number of aromatic amines is 1. The lowest BCUT2D eigenvalue weighted by molar-refractivity contribution is 0.0380. The van der Waals surface area contributed by atoms with Crippen molar-refractivity contribution in [2.45, 2.75) is 12.5 Å². The summed E-state index contributed by atoms with van der Waals surface area (Å²) < 4.78 is 5.06. The molecule has 102 valence electrons. The van der Waals surface area contributed by atoms with Crippen LogP contribution in [0.3, 0.4) is 0 Å². The van der Waals surface area contributed by atoms with E-state index in [0.29, 0.717) is 5.58 Å². The highest BCUT2D eigenvalue weighted by Gasteiger charge is 2.36. The van der Waals surface area contributed by atoms with Crippen LogP contribution in [0.1, 0.15) is 12.5 Å². The van der Waals surface area contributed by atoms with Crippen LogP contribution in [0.25, 0.3) is 11.1 Å². The van der Waals surface area contributed by atoms with Gasteiger partial charge in [-0.25, -0.2) is 4.79 Å². The smallest absolute Gasteiger partial charge is 0.408 e. The minimum absolute atomic E-state index is 0.0463. The second-order valence-electron chi connectivity index (χ2n) is 5.66. The SMILES string of the molecule is CN1CCN(C)C(C)(c2ccc3oc(=O)[nH]c3c2)C1. The molecule has 19 heavy (non-hydrogen) atoms. The quantitative estimate of drug-likeness (QED) is 0.838. The first-order chi connectivity index (χ1) is 8.99. The van der Waals surface area contributed by atoms with Gasteiger partial charge in [0.25, 0.3) is 0 Å². The van der Waals surface area contributed by atoms with E-state index in [0.717, 1.165) is 25.2 Å². The Labute approximate surface area is 111 Å². The fraction of sp³-hybridized carbons (Fsp3) is 0.500. The molecule has 1 aliphatic heterocycles. The number of likely N-dealkylation sites (N-methyl/N-ethyl adjacent to an activating group) is 2. The van der Waals surface area contributed by atoms with E-state index in [-0.39, 0.29) is 5.54 Å². The number of H-pyrrole nitrogens is 1. The Kier molecular flexibility index (Phi) is 2.76. The number of hydrogen-bond acceptors (Lipinski definition) is 4. The first-order valence-electron chi connectivity index (χ1n) is 6.52. The van der Waals surface area contributed by atoms with E-state index in [1.165, 1.54) is 5.56 Å². The highest BCUT2D eigenvalue weighted by atomic mass is 16.4. The van der Waals surface area contributed by atoms with Crippen LogP contribution >= 0.6 is 0 Å². The second-order valence-corrected chi connectivity index (χ2v) is 5.66. The molecule has 0 saturated carbocycles. The van der Waals surface area contributed by atoms with Crippen LogP contribution < -0.4 is 5.76 Å². The molecule has 2 heterocycles. The molecule has 2 aromatic rings. The lowest BCUT2D eigenvalue weighted by Crippen LogP contribution is -2.56. The van der Waals surface area contributed by atoms with Crippen molar-refractivity contribution >= 4 is 11.1 Å². The zero-order valence-electron chi connectivity index (χ0n) is 11.6. The Hall–Kier alpha value is -1.59. The highest BCUT2D eigenvalue weighted by molar-refractivity contribution is 5.73. The van der Waals surface area contributed by atoms with Gasteiger partial charge < -0.3 is 9.32 Å². The van der Waals surface area contributed by atoms with Crippen molar-refractivity contribution in [1.29, 1.82) is 0 Å². The molecule has 1 unspecified atom stereocenters. The molecular weight excluding hydrogens is 242 g/mol. The molecule has 1 aromatic carbocycles. The molecular formula is C14H19N3O2. The molecule has 1 atom stereocenters. The Morgan fingerprint density at radius 1 is 1.32 bits per heavy atom. The van der Waals surface area contributed by atoms with E-state index in [1.54, 1.807) is 0 Å². The summed E-state index contributed by atoms with van der Waals surface area (Å²) in [5.74, 6) is -0.397. The van der Waals surface area contributed by atoms with Gasteiger partial charge in [0.2, 0.25) is 0 Å². The molecule has 1 fully saturated rings. The van der Waals surface area contributed by atoms with E-state index in [1.807, 2.05) is 12.1 Å². The van der Waals surface area contributed by atoms with E-state index >= 15 is 0 Å². The van der Waals surface area contributed by atoms with E-state index in [9.17, 15) is 4.79 Å². The minimum Gasteiger partial charge on any atom is -0.408 e. The summed E-state index contributed by atoms with van der Waals surface area (Å²) >= 11 is 0. The fourth-order valence-corrected chi connectivity index (χ4v) is 2.89. The van der Waals surface area contributed by atoms with E-state index in [4.69, 9.17) is 4.42 Å². The van der Waals surface area contributed by atoms with Crippen LogP contribution in [0, 0.1) is 0 Å². The first-order valence-corrected chi connectivity index (χ1v) is 6.52. The van der Waals surface area contributed by atoms with Crippen LogP contribution in [0.4, 0.5) is 0 Å². The fourth-order valence-electron chi connectivity index (χ4n) is 2.89. The topological polar surface area (TPSA) is 52.5 Å². The van der Waals surface area contributed by atoms with Gasteiger partial charge in [-0.05, 0) is 38.7 Å². The highest BCUT2D eigenvalue weighted by Crippen LogP contribution is 2.31. The molecule has 1 N–H and O–H groups in total. The molecule has 3 rings (SSSR count). The third-order valence-electron chi connectivity index (χ3n) is 4.28. The van der Waals surface area contributed by atoms with Crippen molar-refractivity contribution in [3.8, 4) is 0 Å². The maximum absolute atomic E-state index is 11.2. The molecule has 5 nitrogen and oxygen atoms in total. The number of oxazole rings is 1. The molecule has 5 heteroatoms. The van der Waals surface area contributed by atoms with Crippen LogP contribution in [0.5, 0.6) is 0 Å². The van der Waals surface area contributed by atoms with Gasteiger partial charge >= 0.3 is 5.76 Å². The van der Waals surface area contributed by atoms with Gasteiger partial charge in [0.15, 0.2) is 5.58 Å². The number of piperazine rings is 1. The summed E-state index contributed by atoms with van der Waals surface area (Å²) in [7, 11) is 4.29. The number of aromatic nitrogens is 1. The van der Waals surface area contributed by atoms with Crippen molar-refractivity contribution in [1.82, 2.24) is 14.8 Å². The zero-order valence-corrected chi connectivity index (χ0v) is 11.6. The molecule has 0 bridgehead atoms. The van der Waals surface area contributed by atoms with Gasteiger partial charge in [0.1, 0.15) is 0 Å². The van der Waals surface area contributed by atoms with Gasteiger partial charge in [-0.15, -0.1) is 0 Å². The van der Waals surface area contributed by atoms with Crippen LogP contribution in [-0.2, 0) is 5.54 Å². The third-order valence-corrected chi connectivity index (χ3v) is 4.28. The lowest BCUT2D eigenvalue weighted by atomic mass is 9.88. The predicted octanol–water partition coefficient (Wildman–Crippen LogP) is 1.21. The largest absolute Gasteiger partial charge is 0.417 e. The van der Waals surface area contributed by atoms with E-state index in [2.05, 4.69) is 41.9 Å². The van der Waals surface area contributed by atoms with Crippen LogP contribution in [-0.4, -0.2) is 48.5 Å². The van der Waals surface area contributed by atoms with E-state index < -0.39 is 5.76 Å². The van der Waals surface area contributed by atoms with Crippen molar-refractivity contribution in [3.05, 3.63) is 34.3 Å². The second kappa shape index (κ2) is 4.21. The van der Waals surface area contributed by atoms with Crippen molar-refractivity contribution < 1.29 is 4.42 Å². The predicted molar refractivity (Wildman–Crippen MR) is 74.3 cm³/mol. The normalized spacial score (nSPS) is 26.1. The summed E-state index contributed by atoms with van der Waals surface area (Å²) in [6.07, 6.45) is 0. The van der Waals surface area contributed by atoms with Gasteiger partial charge in [-0.1, -0.05) is 6.07 Å². The number of hydrogen-bond donors (Lipinski definition) is 1. The van der Waals surface area contributed by atoms with Gasteiger partial charge in [0.05, 0.1) is 11.1 Å². The lowest BCUT2D eigenvalue weighted by Gasteiger charge is -2.46. The van der Waals surface area contributed by atoms with Crippen molar-refractivity contribution in [3.63, 3.8) is 0 Å². The number of benzene rings is 1. The number of nitrogens with zero attached hydrogens (tertiary/aromatic N) is 2. The standard InChI is InChI=1S/C14H19N3O2/c1-14(9-16(2)6-7-17(14)3)10-4-5-12-11(8-10)15-13(18)19-12/h4-5,8H,6-7,9H2,1-3H3,(H,15,18). The third kappa shape index (κ3) is 1.99. The monoisotopic (exact) mass is 261 g/mol. The summed E-state index contributed by atoms with van der Waals surface area (Å²) in [4.78, 5) is 18.7. The van der Waals surface area contributed by atoms with Crippen LogP contribution in [0.2, 0.25) is 0 Å². The average Bonchev–Trinajstić information content (AvgIpc) is 2.73. The maximum Gasteiger partial charge on any atom is 0.417 e. The molecule has 0 aliphatic carbocycles. The van der Waals surface area contributed by atoms with Crippen molar-refractivity contribution in [2.24, 2.45) is 0 Å². The minimum atomic E-state index is -0.397. The molecule has 0 radical (unpaired) electrons. The first kappa shape index (κ1) is 12.4. The summed E-state index contributed by atoms with van der Waals surface area (Å²) in [6.45, 7) is 5.32. The van der Waals surface area contributed by atoms with Crippen molar-refractivity contribution in [2.75, 3.05) is 33.7 Å². The molecule has 0 spiro atoms.